The Morgan fingerprint density at radius 2 is 1.64 bits per heavy atom. The van der Waals surface area contributed by atoms with Crippen molar-refractivity contribution in [3.8, 4) is 0 Å². The second kappa shape index (κ2) is 8.66. The van der Waals surface area contributed by atoms with Crippen LogP contribution < -0.4 is 0 Å². The molecule has 0 aliphatic heterocycles. The van der Waals surface area contributed by atoms with E-state index < -0.39 is 6.10 Å². The molecular formula is C19H30O3. The number of hydrogen-bond donors (Lipinski definition) is 3. The van der Waals surface area contributed by atoms with E-state index in [0.717, 1.165) is 32.1 Å². The van der Waals surface area contributed by atoms with E-state index in [1.165, 1.54) is 5.56 Å². The smallest absolute Gasteiger partial charge is 0.0596 e. The molecule has 5 atom stereocenters. The Morgan fingerprint density at radius 3 is 2.27 bits per heavy atom. The first-order chi connectivity index (χ1) is 10.6. The molecule has 22 heavy (non-hydrogen) atoms. The van der Waals surface area contributed by atoms with Crippen LogP contribution in [0.5, 0.6) is 0 Å². The quantitative estimate of drug-likeness (QED) is 0.692. The van der Waals surface area contributed by atoms with Crippen LogP contribution in [0.1, 0.15) is 51.0 Å². The van der Waals surface area contributed by atoms with Gasteiger partial charge in [0.05, 0.1) is 18.3 Å². The van der Waals surface area contributed by atoms with Crippen molar-refractivity contribution in [2.75, 3.05) is 0 Å². The van der Waals surface area contributed by atoms with Crippen molar-refractivity contribution in [1.29, 1.82) is 0 Å². The van der Waals surface area contributed by atoms with Crippen LogP contribution in [0, 0.1) is 11.8 Å². The van der Waals surface area contributed by atoms with Gasteiger partial charge in [-0.1, -0.05) is 43.7 Å². The molecule has 0 amide bonds. The summed E-state index contributed by atoms with van der Waals surface area (Å²) >= 11 is 0. The molecule has 0 radical (unpaired) electrons. The molecule has 1 aliphatic carbocycles. The molecule has 2 rings (SSSR count). The fraction of sp³-hybridized carbons (Fsp3) is 0.684. The average molecular weight is 306 g/mol. The van der Waals surface area contributed by atoms with Crippen molar-refractivity contribution in [1.82, 2.24) is 0 Å². The van der Waals surface area contributed by atoms with Crippen molar-refractivity contribution in [2.24, 2.45) is 11.8 Å². The Balaban J connectivity index is 1.76. The topological polar surface area (TPSA) is 60.7 Å². The highest BCUT2D eigenvalue weighted by Gasteiger charge is 2.40. The molecule has 0 spiro atoms. The molecule has 0 bridgehead atoms. The van der Waals surface area contributed by atoms with Crippen molar-refractivity contribution >= 4 is 0 Å². The van der Waals surface area contributed by atoms with Crippen molar-refractivity contribution in [3.05, 3.63) is 35.9 Å². The first kappa shape index (κ1) is 17.5. The number of rotatable bonds is 8. The van der Waals surface area contributed by atoms with E-state index in [4.69, 9.17) is 0 Å². The predicted molar refractivity (Wildman–Crippen MR) is 88.5 cm³/mol. The van der Waals surface area contributed by atoms with Gasteiger partial charge in [-0.3, -0.25) is 0 Å². The predicted octanol–water partition coefficient (Wildman–Crippen LogP) is 2.92. The number of hydrogen-bond acceptors (Lipinski definition) is 3. The summed E-state index contributed by atoms with van der Waals surface area (Å²) in [6.07, 6.45) is 4.53. The Morgan fingerprint density at radius 1 is 1.00 bits per heavy atom. The zero-order chi connectivity index (χ0) is 15.9. The normalized spacial score (nSPS) is 29.6. The average Bonchev–Trinajstić information content (AvgIpc) is 2.78. The first-order valence-corrected chi connectivity index (χ1v) is 8.70. The summed E-state index contributed by atoms with van der Waals surface area (Å²) in [4.78, 5) is 0. The summed E-state index contributed by atoms with van der Waals surface area (Å²) in [6.45, 7) is 2.11. The minimum Gasteiger partial charge on any atom is -0.393 e. The summed E-state index contributed by atoms with van der Waals surface area (Å²) in [6, 6.07) is 10.2. The summed E-state index contributed by atoms with van der Waals surface area (Å²) in [5.41, 5.74) is 1.25. The molecule has 124 valence electrons. The SMILES string of the molecule is CCC[C@@H]1[C@@H](CC[C@@H](O)CCc2ccccc2)[C@H](O)C[C@@H]1O. The van der Waals surface area contributed by atoms with Crippen LogP contribution in [-0.2, 0) is 6.42 Å². The fourth-order valence-electron chi connectivity index (χ4n) is 3.82. The third-order valence-electron chi connectivity index (χ3n) is 5.09. The maximum atomic E-state index is 10.2. The van der Waals surface area contributed by atoms with E-state index >= 15 is 0 Å². The van der Waals surface area contributed by atoms with Gasteiger partial charge in [-0.05, 0) is 55.9 Å². The summed E-state index contributed by atoms with van der Waals surface area (Å²) < 4.78 is 0. The number of aliphatic hydroxyl groups excluding tert-OH is 3. The largest absolute Gasteiger partial charge is 0.393 e. The lowest BCUT2D eigenvalue weighted by atomic mass is 9.85. The molecule has 1 aliphatic rings. The molecule has 1 saturated carbocycles. The molecule has 0 saturated heterocycles. The number of aryl methyl sites for hydroxylation is 1. The van der Waals surface area contributed by atoms with Gasteiger partial charge >= 0.3 is 0 Å². The van der Waals surface area contributed by atoms with E-state index in [1.54, 1.807) is 0 Å². The molecular weight excluding hydrogens is 276 g/mol. The zero-order valence-corrected chi connectivity index (χ0v) is 13.6. The number of benzene rings is 1. The minimum atomic E-state index is -0.409. The molecule has 0 unspecified atom stereocenters. The van der Waals surface area contributed by atoms with E-state index in [0.29, 0.717) is 12.8 Å². The van der Waals surface area contributed by atoms with Gasteiger partial charge in [0, 0.05) is 0 Å². The molecule has 0 heterocycles. The highest BCUT2D eigenvalue weighted by Crippen LogP contribution is 2.38. The van der Waals surface area contributed by atoms with Gasteiger partial charge in [0.25, 0.3) is 0 Å². The minimum absolute atomic E-state index is 0.140. The summed E-state index contributed by atoms with van der Waals surface area (Å²) in [7, 11) is 0. The van der Waals surface area contributed by atoms with Crippen LogP contribution in [-0.4, -0.2) is 33.6 Å². The van der Waals surface area contributed by atoms with Crippen molar-refractivity contribution in [2.45, 2.75) is 70.2 Å². The summed E-state index contributed by atoms with van der Waals surface area (Å²) in [5, 5.41) is 30.4. The van der Waals surface area contributed by atoms with Gasteiger partial charge in [0.15, 0.2) is 0 Å². The second-order valence-corrected chi connectivity index (χ2v) is 6.74. The molecule has 3 nitrogen and oxygen atoms in total. The van der Waals surface area contributed by atoms with Gasteiger partial charge in [-0.2, -0.15) is 0 Å². The lowest BCUT2D eigenvalue weighted by Gasteiger charge is -2.24. The maximum Gasteiger partial charge on any atom is 0.0596 e. The van der Waals surface area contributed by atoms with Gasteiger partial charge in [0.2, 0.25) is 0 Å². The van der Waals surface area contributed by atoms with Crippen LogP contribution in [0.4, 0.5) is 0 Å². The van der Waals surface area contributed by atoms with Crippen LogP contribution in [0.3, 0.4) is 0 Å². The molecule has 1 fully saturated rings. The third kappa shape index (κ3) is 4.80. The van der Waals surface area contributed by atoms with E-state index in [9.17, 15) is 15.3 Å². The van der Waals surface area contributed by atoms with E-state index in [-0.39, 0.29) is 24.0 Å². The lowest BCUT2D eigenvalue weighted by Crippen LogP contribution is -2.23. The van der Waals surface area contributed by atoms with Crippen LogP contribution in [0.15, 0.2) is 30.3 Å². The third-order valence-corrected chi connectivity index (χ3v) is 5.09. The van der Waals surface area contributed by atoms with E-state index in [1.807, 2.05) is 18.2 Å². The second-order valence-electron chi connectivity index (χ2n) is 6.74. The Bertz CT molecular complexity index is 420. The molecule has 3 heteroatoms. The standard InChI is InChI=1S/C19H30O3/c1-2-6-16-17(19(22)13-18(16)21)12-11-15(20)10-9-14-7-4-3-5-8-14/h3-5,7-8,15-22H,2,6,9-13H2,1H3/t15-,16+,17+,18-,19+/m0/s1. The first-order valence-electron chi connectivity index (χ1n) is 8.70. The van der Waals surface area contributed by atoms with Crippen molar-refractivity contribution in [3.63, 3.8) is 0 Å². The van der Waals surface area contributed by atoms with E-state index in [2.05, 4.69) is 19.1 Å². The highest BCUT2D eigenvalue weighted by molar-refractivity contribution is 5.14. The van der Waals surface area contributed by atoms with Crippen molar-refractivity contribution < 1.29 is 15.3 Å². The summed E-state index contributed by atoms with van der Waals surface area (Å²) in [5.74, 6) is 0.336. The number of aliphatic hydroxyl groups is 3. The van der Waals surface area contributed by atoms with Gasteiger partial charge in [0.1, 0.15) is 0 Å². The molecule has 3 N–H and O–H groups in total. The zero-order valence-electron chi connectivity index (χ0n) is 13.6. The Kier molecular flexibility index (Phi) is 6.87. The fourth-order valence-corrected chi connectivity index (χ4v) is 3.82. The molecule has 1 aromatic carbocycles. The van der Waals surface area contributed by atoms with Crippen LogP contribution >= 0.6 is 0 Å². The van der Waals surface area contributed by atoms with Gasteiger partial charge < -0.3 is 15.3 Å². The monoisotopic (exact) mass is 306 g/mol. The molecule has 0 aromatic heterocycles. The van der Waals surface area contributed by atoms with Gasteiger partial charge in [-0.25, -0.2) is 0 Å². The molecule has 1 aromatic rings. The van der Waals surface area contributed by atoms with Crippen LogP contribution in [0.25, 0.3) is 0 Å². The Hall–Kier alpha value is -0.900. The maximum absolute atomic E-state index is 10.2. The lowest BCUT2D eigenvalue weighted by molar-refractivity contribution is 0.0815. The Labute approximate surface area is 134 Å². The van der Waals surface area contributed by atoms with Gasteiger partial charge in [-0.15, -0.1) is 0 Å². The van der Waals surface area contributed by atoms with Crippen LogP contribution in [0.2, 0.25) is 0 Å². The highest BCUT2D eigenvalue weighted by atomic mass is 16.3.